The van der Waals surface area contributed by atoms with Gasteiger partial charge in [-0.25, -0.2) is 4.79 Å². The van der Waals surface area contributed by atoms with Gasteiger partial charge < -0.3 is 21.1 Å². The second kappa shape index (κ2) is 8.55. The number of primary amides is 1. The Hall–Kier alpha value is -1.60. The third-order valence-electron chi connectivity index (χ3n) is 2.59. The summed E-state index contributed by atoms with van der Waals surface area (Å²) in [6.07, 6.45) is 0.114. The highest BCUT2D eigenvalue weighted by molar-refractivity contribution is 9.10. The summed E-state index contributed by atoms with van der Waals surface area (Å²) in [7, 11) is 1.56. The zero-order valence-electron chi connectivity index (χ0n) is 11.2. The van der Waals surface area contributed by atoms with Crippen molar-refractivity contribution in [2.75, 3.05) is 20.3 Å². The molecule has 0 saturated carbocycles. The van der Waals surface area contributed by atoms with Crippen LogP contribution in [0.4, 0.5) is 4.79 Å². The Morgan fingerprint density at radius 2 is 2.20 bits per heavy atom. The largest absolute Gasteiger partial charge is 0.383 e. The fourth-order valence-electron chi connectivity index (χ4n) is 1.70. The minimum absolute atomic E-state index is 0.114. The fourth-order valence-corrected chi connectivity index (χ4v) is 2.11. The van der Waals surface area contributed by atoms with E-state index in [-0.39, 0.29) is 12.3 Å². The number of rotatable bonds is 7. The highest BCUT2D eigenvalue weighted by atomic mass is 79.9. The van der Waals surface area contributed by atoms with Crippen LogP contribution in [0, 0.1) is 0 Å². The van der Waals surface area contributed by atoms with E-state index in [2.05, 4.69) is 26.6 Å². The van der Waals surface area contributed by atoms with Gasteiger partial charge in [-0.15, -0.1) is 0 Å². The molecule has 0 radical (unpaired) electrons. The van der Waals surface area contributed by atoms with Crippen LogP contribution in [0.15, 0.2) is 28.7 Å². The molecule has 0 spiro atoms. The van der Waals surface area contributed by atoms with Gasteiger partial charge in [-0.3, -0.25) is 4.79 Å². The third-order valence-corrected chi connectivity index (χ3v) is 3.08. The van der Waals surface area contributed by atoms with Crippen LogP contribution in [0.3, 0.4) is 0 Å². The number of urea groups is 1. The van der Waals surface area contributed by atoms with Gasteiger partial charge >= 0.3 is 6.03 Å². The molecule has 0 fully saturated rings. The first-order chi connectivity index (χ1) is 9.52. The standard InChI is InChI=1S/C13H18BrN3O3/c1-20-6-5-16-12(18)8-11(17-13(15)19)9-3-2-4-10(14)7-9/h2-4,7,11H,5-6,8H2,1H3,(H,16,18)(H3,15,17,19). The van der Waals surface area contributed by atoms with Gasteiger partial charge in [0.05, 0.1) is 19.1 Å². The first-order valence-corrected chi connectivity index (χ1v) is 6.89. The quantitative estimate of drug-likeness (QED) is 0.651. The predicted octanol–water partition coefficient (Wildman–Crippen LogP) is 1.31. The van der Waals surface area contributed by atoms with Crippen LogP contribution in [0.5, 0.6) is 0 Å². The molecule has 1 unspecified atom stereocenters. The molecule has 0 aromatic heterocycles. The molecule has 0 heterocycles. The molecule has 20 heavy (non-hydrogen) atoms. The average molecular weight is 344 g/mol. The molecular formula is C13H18BrN3O3. The van der Waals surface area contributed by atoms with Crippen molar-refractivity contribution in [3.05, 3.63) is 34.3 Å². The molecule has 3 amide bonds. The Labute approximate surface area is 126 Å². The van der Waals surface area contributed by atoms with Gasteiger partial charge in [0.2, 0.25) is 5.91 Å². The zero-order chi connectivity index (χ0) is 15.0. The van der Waals surface area contributed by atoms with Crippen LogP contribution >= 0.6 is 15.9 Å². The second-order valence-electron chi connectivity index (χ2n) is 4.16. The maximum Gasteiger partial charge on any atom is 0.312 e. The lowest BCUT2D eigenvalue weighted by molar-refractivity contribution is -0.121. The molecule has 1 atom stereocenters. The summed E-state index contributed by atoms with van der Waals surface area (Å²) >= 11 is 3.35. The molecule has 1 aromatic carbocycles. The van der Waals surface area contributed by atoms with Gasteiger partial charge in [0.1, 0.15) is 0 Å². The SMILES string of the molecule is COCCNC(=O)CC(NC(N)=O)c1cccc(Br)c1. The summed E-state index contributed by atoms with van der Waals surface area (Å²) in [6.45, 7) is 0.869. The molecule has 0 aliphatic heterocycles. The summed E-state index contributed by atoms with van der Waals surface area (Å²) in [5, 5.41) is 5.27. The van der Waals surface area contributed by atoms with Crippen LogP contribution in [0.1, 0.15) is 18.0 Å². The highest BCUT2D eigenvalue weighted by Crippen LogP contribution is 2.20. The summed E-state index contributed by atoms with van der Waals surface area (Å²) in [6, 6.07) is 6.23. The number of nitrogens with one attached hydrogen (secondary N) is 2. The molecule has 110 valence electrons. The molecule has 0 aliphatic carbocycles. The van der Waals surface area contributed by atoms with Crippen molar-refractivity contribution in [1.82, 2.24) is 10.6 Å². The normalized spacial score (nSPS) is 11.7. The zero-order valence-corrected chi connectivity index (χ0v) is 12.8. The van der Waals surface area contributed by atoms with E-state index >= 15 is 0 Å². The first kappa shape index (κ1) is 16.5. The lowest BCUT2D eigenvalue weighted by Gasteiger charge is -2.18. The van der Waals surface area contributed by atoms with Crippen LogP contribution in [-0.2, 0) is 9.53 Å². The number of methoxy groups -OCH3 is 1. The monoisotopic (exact) mass is 343 g/mol. The van der Waals surface area contributed by atoms with Crippen molar-refractivity contribution in [2.45, 2.75) is 12.5 Å². The second-order valence-corrected chi connectivity index (χ2v) is 5.08. The lowest BCUT2D eigenvalue weighted by atomic mass is 10.0. The van der Waals surface area contributed by atoms with Gasteiger partial charge in [-0.1, -0.05) is 28.1 Å². The van der Waals surface area contributed by atoms with Crippen molar-refractivity contribution in [1.29, 1.82) is 0 Å². The molecule has 1 rings (SSSR count). The van der Waals surface area contributed by atoms with E-state index in [1.807, 2.05) is 24.3 Å². The van der Waals surface area contributed by atoms with Crippen molar-refractivity contribution >= 4 is 27.9 Å². The fraction of sp³-hybridized carbons (Fsp3) is 0.385. The van der Waals surface area contributed by atoms with Crippen LogP contribution in [0.25, 0.3) is 0 Å². The van der Waals surface area contributed by atoms with Gasteiger partial charge in [-0.2, -0.15) is 0 Å². The Morgan fingerprint density at radius 3 is 2.80 bits per heavy atom. The number of halogens is 1. The first-order valence-electron chi connectivity index (χ1n) is 6.10. The molecule has 0 saturated heterocycles. The smallest absolute Gasteiger partial charge is 0.312 e. The van der Waals surface area contributed by atoms with E-state index in [1.165, 1.54) is 0 Å². The van der Waals surface area contributed by atoms with E-state index < -0.39 is 12.1 Å². The van der Waals surface area contributed by atoms with Gasteiger partial charge in [0, 0.05) is 18.1 Å². The predicted molar refractivity (Wildman–Crippen MR) is 79.1 cm³/mol. The van der Waals surface area contributed by atoms with E-state index in [0.717, 1.165) is 10.0 Å². The van der Waals surface area contributed by atoms with Crippen LogP contribution in [0.2, 0.25) is 0 Å². The summed E-state index contributed by atoms with van der Waals surface area (Å²) < 4.78 is 5.72. The minimum Gasteiger partial charge on any atom is -0.383 e. The Balaban J connectivity index is 2.69. The molecule has 0 bridgehead atoms. The lowest BCUT2D eigenvalue weighted by Crippen LogP contribution is -2.37. The number of nitrogens with two attached hydrogens (primary N) is 1. The van der Waals surface area contributed by atoms with Gasteiger partial charge in [0.15, 0.2) is 0 Å². The van der Waals surface area contributed by atoms with Crippen molar-refractivity contribution in [2.24, 2.45) is 5.73 Å². The minimum atomic E-state index is -0.667. The van der Waals surface area contributed by atoms with E-state index in [4.69, 9.17) is 10.5 Å². The van der Waals surface area contributed by atoms with Crippen molar-refractivity contribution in [3.63, 3.8) is 0 Å². The highest BCUT2D eigenvalue weighted by Gasteiger charge is 2.17. The van der Waals surface area contributed by atoms with Crippen LogP contribution < -0.4 is 16.4 Å². The summed E-state index contributed by atoms with van der Waals surface area (Å²) in [4.78, 5) is 22.9. The number of benzene rings is 1. The van der Waals surface area contributed by atoms with E-state index in [0.29, 0.717) is 13.2 Å². The molecule has 1 aromatic rings. The number of hydrogen-bond donors (Lipinski definition) is 3. The molecule has 4 N–H and O–H groups in total. The summed E-state index contributed by atoms with van der Waals surface area (Å²) in [5.74, 6) is -0.180. The van der Waals surface area contributed by atoms with E-state index in [9.17, 15) is 9.59 Å². The van der Waals surface area contributed by atoms with Crippen molar-refractivity contribution < 1.29 is 14.3 Å². The topological polar surface area (TPSA) is 93.4 Å². The Morgan fingerprint density at radius 1 is 1.45 bits per heavy atom. The summed E-state index contributed by atoms with van der Waals surface area (Å²) in [5.41, 5.74) is 5.96. The van der Waals surface area contributed by atoms with Gasteiger partial charge in [-0.05, 0) is 17.7 Å². The maximum atomic E-state index is 11.8. The molecule has 6 nitrogen and oxygen atoms in total. The van der Waals surface area contributed by atoms with Crippen molar-refractivity contribution in [3.8, 4) is 0 Å². The number of carbonyl (C=O) groups excluding carboxylic acids is 2. The number of carbonyl (C=O) groups is 2. The molecular weight excluding hydrogens is 326 g/mol. The third kappa shape index (κ3) is 6.03. The molecule has 7 heteroatoms. The Kier molecular flexibility index (Phi) is 7.03. The Bertz CT molecular complexity index is 468. The van der Waals surface area contributed by atoms with E-state index in [1.54, 1.807) is 7.11 Å². The van der Waals surface area contributed by atoms with Crippen LogP contribution in [-0.4, -0.2) is 32.2 Å². The van der Waals surface area contributed by atoms with Gasteiger partial charge in [0.25, 0.3) is 0 Å². The number of ether oxygens (including phenoxy) is 1. The number of hydrogen-bond acceptors (Lipinski definition) is 3. The average Bonchev–Trinajstić information content (AvgIpc) is 2.38. The molecule has 0 aliphatic rings. The maximum absolute atomic E-state index is 11.8. The number of amides is 3.